The standard InChI is InChI=1S/C18H26N4O3/c1-18(2,20-17(24)25-5)16(23)19-14-6-7-15-13(12-14)8-9-22(15)11-10-21(3)4/h6-9,12H,10-11H2,1-5H3,(H,19,23)(H,20,24). The van der Waals surface area contributed by atoms with Crippen LogP contribution in [-0.2, 0) is 16.1 Å². The topological polar surface area (TPSA) is 75.6 Å². The summed E-state index contributed by atoms with van der Waals surface area (Å²) in [5.74, 6) is -0.315. The van der Waals surface area contributed by atoms with Crippen LogP contribution in [0.15, 0.2) is 30.5 Å². The molecule has 0 fully saturated rings. The van der Waals surface area contributed by atoms with Gasteiger partial charge in [0, 0.05) is 35.9 Å². The highest BCUT2D eigenvalue weighted by atomic mass is 16.5. The molecule has 2 rings (SSSR count). The molecule has 7 heteroatoms. The van der Waals surface area contributed by atoms with E-state index in [0.29, 0.717) is 5.69 Å². The summed E-state index contributed by atoms with van der Waals surface area (Å²) in [7, 11) is 5.35. The molecule has 0 atom stereocenters. The quantitative estimate of drug-likeness (QED) is 0.841. The molecule has 136 valence electrons. The van der Waals surface area contributed by atoms with Crippen LogP contribution in [0.4, 0.5) is 10.5 Å². The SMILES string of the molecule is COC(=O)NC(C)(C)C(=O)Nc1ccc2c(ccn2CCN(C)C)c1. The molecule has 0 bridgehead atoms. The Morgan fingerprint density at radius 3 is 2.60 bits per heavy atom. The summed E-state index contributed by atoms with van der Waals surface area (Å²) < 4.78 is 6.73. The minimum absolute atomic E-state index is 0.315. The first kappa shape index (κ1) is 18.8. The van der Waals surface area contributed by atoms with Crippen molar-refractivity contribution in [3.05, 3.63) is 30.5 Å². The number of nitrogens with one attached hydrogen (secondary N) is 2. The second kappa shape index (κ2) is 7.57. The average Bonchev–Trinajstić information content (AvgIpc) is 2.94. The Morgan fingerprint density at radius 2 is 1.96 bits per heavy atom. The lowest BCUT2D eigenvalue weighted by atomic mass is 10.0. The summed E-state index contributed by atoms with van der Waals surface area (Å²) in [6.07, 6.45) is 1.40. The van der Waals surface area contributed by atoms with Gasteiger partial charge in [0.1, 0.15) is 5.54 Å². The number of anilines is 1. The second-order valence-corrected chi connectivity index (χ2v) is 6.78. The monoisotopic (exact) mass is 346 g/mol. The maximum Gasteiger partial charge on any atom is 0.407 e. The molecule has 0 saturated carbocycles. The van der Waals surface area contributed by atoms with Crippen LogP contribution in [0.2, 0.25) is 0 Å². The number of likely N-dealkylation sites (N-methyl/N-ethyl adjacent to an activating group) is 1. The van der Waals surface area contributed by atoms with E-state index < -0.39 is 11.6 Å². The summed E-state index contributed by atoms with van der Waals surface area (Å²) in [4.78, 5) is 25.9. The number of ether oxygens (including phenoxy) is 1. The van der Waals surface area contributed by atoms with Gasteiger partial charge in [0.2, 0.25) is 5.91 Å². The fourth-order valence-electron chi connectivity index (χ4n) is 2.43. The van der Waals surface area contributed by atoms with E-state index in [1.54, 1.807) is 13.8 Å². The summed E-state index contributed by atoms with van der Waals surface area (Å²) in [6, 6.07) is 7.80. The van der Waals surface area contributed by atoms with Crippen LogP contribution in [0.5, 0.6) is 0 Å². The minimum atomic E-state index is -1.08. The van der Waals surface area contributed by atoms with Gasteiger partial charge in [-0.25, -0.2) is 4.79 Å². The maximum absolute atomic E-state index is 12.4. The van der Waals surface area contributed by atoms with Crippen molar-refractivity contribution < 1.29 is 14.3 Å². The molecule has 25 heavy (non-hydrogen) atoms. The highest BCUT2D eigenvalue weighted by molar-refractivity contribution is 6.00. The Kier molecular flexibility index (Phi) is 5.69. The first-order valence-corrected chi connectivity index (χ1v) is 8.14. The summed E-state index contributed by atoms with van der Waals surface area (Å²) in [5.41, 5.74) is 0.717. The predicted molar refractivity (Wildman–Crippen MR) is 98.7 cm³/mol. The third-order valence-electron chi connectivity index (χ3n) is 3.98. The molecule has 0 spiro atoms. The van der Waals surface area contributed by atoms with E-state index in [1.165, 1.54) is 7.11 Å². The number of carbonyl (C=O) groups excluding carboxylic acids is 2. The van der Waals surface area contributed by atoms with E-state index in [-0.39, 0.29) is 5.91 Å². The zero-order valence-electron chi connectivity index (χ0n) is 15.4. The van der Waals surface area contributed by atoms with Gasteiger partial charge in [-0.1, -0.05) is 0 Å². The van der Waals surface area contributed by atoms with Crippen LogP contribution in [0.25, 0.3) is 10.9 Å². The number of amides is 2. The largest absolute Gasteiger partial charge is 0.453 e. The number of nitrogens with zero attached hydrogens (tertiary/aromatic N) is 2. The molecule has 0 aliphatic rings. The highest BCUT2D eigenvalue weighted by Crippen LogP contribution is 2.21. The number of alkyl carbamates (subject to hydrolysis) is 1. The number of benzene rings is 1. The fourth-order valence-corrected chi connectivity index (χ4v) is 2.43. The lowest BCUT2D eigenvalue weighted by Crippen LogP contribution is -2.52. The van der Waals surface area contributed by atoms with Crippen molar-refractivity contribution in [1.29, 1.82) is 0 Å². The second-order valence-electron chi connectivity index (χ2n) is 6.78. The van der Waals surface area contributed by atoms with Gasteiger partial charge in [-0.15, -0.1) is 0 Å². The van der Waals surface area contributed by atoms with E-state index in [4.69, 9.17) is 0 Å². The van der Waals surface area contributed by atoms with Crippen molar-refractivity contribution in [2.75, 3.05) is 33.1 Å². The van der Waals surface area contributed by atoms with Gasteiger partial charge in [0.05, 0.1) is 7.11 Å². The highest BCUT2D eigenvalue weighted by Gasteiger charge is 2.30. The Morgan fingerprint density at radius 1 is 1.24 bits per heavy atom. The van der Waals surface area contributed by atoms with Gasteiger partial charge in [0.15, 0.2) is 0 Å². The molecule has 2 amide bonds. The fraction of sp³-hybridized carbons (Fsp3) is 0.444. The van der Waals surface area contributed by atoms with Crippen molar-refractivity contribution in [1.82, 2.24) is 14.8 Å². The Hall–Kier alpha value is -2.54. The lowest BCUT2D eigenvalue weighted by Gasteiger charge is -2.24. The third-order valence-corrected chi connectivity index (χ3v) is 3.98. The summed E-state index contributed by atoms with van der Waals surface area (Å²) in [6.45, 7) is 5.10. The van der Waals surface area contributed by atoms with Crippen LogP contribution in [0.3, 0.4) is 0 Å². The lowest BCUT2D eigenvalue weighted by molar-refractivity contribution is -0.121. The molecular weight excluding hydrogens is 320 g/mol. The van der Waals surface area contributed by atoms with E-state index in [0.717, 1.165) is 24.0 Å². The molecule has 2 aromatic rings. The van der Waals surface area contributed by atoms with Crippen molar-refractivity contribution in [3.63, 3.8) is 0 Å². The minimum Gasteiger partial charge on any atom is -0.453 e. The number of fused-ring (bicyclic) bond motifs is 1. The number of methoxy groups -OCH3 is 1. The van der Waals surface area contributed by atoms with Crippen molar-refractivity contribution in [2.45, 2.75) is 25.9 Å². The Balaban J connectivity index is 2.11. The van der Waals surface area contributed by atoms with Crippen LogP contribution in [-0.4, -0.2) is 54.8 Å². The zero-order valence-corrected chi connectivity index (χ0v) is 15.4. The number of rotatable bonds is 6. The molecule has 1 aromatic carbocycles. The first-order valence-electron chi connectivity index (χ1n) is 8.14. The predicted octanol–water partition coefficient (Wildman–Crippen LogP) is 2.28. The van der Waals surface area contributed by atoms with Crippen LogP contribution < -0.4 is 10.6 Å². The van der Waals surface area contributed by atoms with Crippen LogP contribution >= 0.6 is 0 Å². The molecule has 0 aliphatic carbocycles. The van der Waals surface area contributed by atoms with Gasteiger partial charge < -0.3 is 24.8 Å². The molecule has 1 aromatic heterocycles. The van der Waals surface area contributed by atoms with Gasteiger partial charge in [-0.05, 0) is 52.2 Å². The molecule has 0 unspecified atom stereocenters. The van der Waals surface area contributed by atoms with E-state index in [9.17, 15) is 9.59 Å². The van der Waals surface area contributed by atoms with E-state index >= 15 is 0 Å². The number of hydrogen-bond donors (Lipinski definition) is 2. The van der Waals surface area contributed by atoms with E-state index in [2.05, 4.69) is 24.8 Å². The number of carbonyl (C=O) groups is 2. The molecule has 0 saturated heterocycles. The molecule has 0 radical (unpaired) electrons. The molecule has 7 nitrogen and oxygen atoms in total. The number of hydrogen-bond acceptors (Lipinski definition) is 4. The van der Waals surface area contributed by atoms with Crippen molar-refractivity contribution in [3.8, 4) is 0 Å². The van der Waals surface area contributed by atoms with Gasteiger partial charge in [-0.2, -0.15) is 0 Å². The summed E-state index contributed by atoms with van der Waals surface area (Å²) >= 11 is 0. The van der Waals surface area contributed by atoms with Crippen molar-refractivity contribution in [2.24, 2.45) is 0 Å². The maximum atomic E-state index is 12.4. The van der Waals surface area contributed by atoms with Crippen molar-refractivity contribution >= 4 is 28.6 Å². The Bertz CT molecular complexity index is 765. The first-order chi connectivity index (χ1) is 11.7. The van der Waals surface area contributed by atoms with E-state index in [1.807, 2.05) is 44.6 Å². The average molecular weight is 346 g/mol. The summed E-state index contributed by atoms with van der Waals surface area (Å²) in [5, 5.41) is 6.40. The van der Waals surface area contributed by atoms with Gasteiger partial charge >= 0.3 is 6.09 Å². The molecule has 2 N–H and O–H groups in total. The van der Waals surface area contributed by atoms with Gasteiger partial charge in [-0.3, -0.25) is 4.79 Å². The van der Waals surface area contributed by atoms with Gasteiger partial charge in [0.25, 0.3) is 0 Å². The molecule has 1 heterocycles. The smallest absolute Gasteiger partial charge is 0.407 e. The van der Waals surface area contributed by atoms with Crippen LogP contribution in [0, 0.1) is 0 Å². The third kappa shape index (κ3) is 4.73. The molecular formula is C18H26N4O3. The molecule has 0 aliphatic heterocycles. The Labute approximate surface area is 147 Å². The van der Waals surface area contributed by atoms with Crippen LogP contribution in [0.1, 0.15) is 13.8 Å². The number of aromatic nitrogens is 1. The normalized spacial score (nSPS) is 11.6. The zero-order chi connectivity index (χ0) is 18.6.